The summed E-state index contributed by atoms with van der Waals surface area (Å²) in [4.78, 5) is 17.3. The molecular weight excluding hydrogens is 429 g/mol. The van der Waals surface area contributed by atoms with Gasteiger partial charge in [-0.15, -0.1) is 0 Å². The van der Waals surface area contributed by atoms with Crippen molar-refractivity contribution in [2.45, 2.75) is 24.6 Å². The number of aromatic nitrogens is 3. The molecule has 0 spiro atoms. The van der Waals surface area contributed by atoms with E-state index in [9.17, 15) is 23.1 Å². The molecule has 2 heterocycles. The van der Waals surface area contributed by atoms with Crippen molar-refractivity contribution in [3.05, 3.63) is 81.8 Å². The molecule has 0 bridgehead atoms. The number of nitrogens with zero attached hydrogens (tertiary/aromatic N) is 2. The van der Waals surface area contributed by atoms with Crippen LogP contribution >= 0.6 is 0 Å². The number of alkyl halides is 3. The summed E-state index contributed by atoms with van der Waals surface area (Å²) >= 11 is 0. The fourth-order valence-corrected chi connectivity index (χ4v) is 3.68. The number of aliphatic hydroxyl groups excluding tert-OH is 1. The van der Waals surface area contributed by atoms with Gasteiger partial charge in [-0.1, -0.05) is 42.5 Å². The third kappa shape index (κ3) is 4.69. The quantitative estimate of drug-likeness (QED) is 0.534. The Kier molecular flexibility index (Phi) is 6.31. The molecule has 2 aromatic carbocycles. The zero-order valence-electron chi connectivity index (χ0n) is 16.7. The van der Waals surface area contributed by atoms with Crippen molar-refractivity contribution >= 4 is 5.95 Å². The van der Waals surface area contributed by atoms with Crippen LogP contribution in [-0.2, 0) is 15.7 Å². The summed E-state index contributed by atoms with van der Waals surface area (Å²) in [5.74, 6) is 0.278. The van der Waals surface area contributed by atoms with E-state index in [4.69, 9.17) is 9.47 Å². The number of benzene rings is 2. The fraction of sp³-hybridized carbons (Fsp3) is 0.333. The number of hydrogen-bond donors (Lipinski definition) is 3. The van der Waals surface area contributed by atoms with Gasteiger partial charge in [0.2, 0.25) is 5.95 Å². The standard InChI is InChI=1S/C21H21F3N4O4/c22-21(23,24)15-8-4-7-14(11-15)16(12-29)32-18-17(13-5-2-1-3-6-13)28(9-10-31-18)19-25-20(30)27-26-19/h1-8,11,16-18,29H,9-10,12H2,(H2,25,26,27,30)/t16-,17+,18-/m1/s1. The first-order valence-corrected chi connectivity index (χ1v) is 9.88. The van der Waals surface area contributed by atoms with Gasteiger partial charge >= 0.3 is 11.9 Å². The predicted molar refractivity (Wildman–Crippen MR) is 108 cm³/mol. The van der Waals surface area contributed by atoms with Crippen LogP contribution < -0.4 is 10.6 Å². The molecule has 0 radical (unpaired) electrons. The minimum atomic E-state index is -4.52. The van der Waals surface area contributed by atoms with Crippen LogP contribution in [0.5, 0.6) is 0 Å². The molecule has 3 aromatic rings. The molecular formula is C21H21F3N4O4. The molecule has 1 fully saturated rings. The summed E-state index contributed by atoms with van der Waals surface area (Å²) in [5, 5.41) is 15.0. The van der Waals surface area contributed by atoms with Gasteiger partial charge in [0.05, 0.1) is 18.8 Å². The number of anilines is 1. The van der Waals surface area contributed by atoms with E-state index in [1.165, 1.54) is 12.1 Å². The molecule has 3 N–H and O–H groups in total. The van der Waals surface area contributed by atoms with E-state index in [-0.39, 0.29) is 18.1 Å². The Labute approximate surface area is 180 Å². The van der Waals surface area contributed by atoms with Crippen LogP contribution in [0.4, 0.5) is 19.1 Å². The van der Waals surface area contributed by atoms with Crippen LogP contribution in [0.2, 0.25) is 0 Å². The summed E-state index contributed by atoms with van der Waals surface area (Å²) in [6.07, 6.45) is -6.54. The molecule has 32 heavy (non-hydrogen) atoms. The molecule has 0 amide bonds. The first-order valence-electron chi connectivity index (χ1n) is 9.88. The molecule has 3 atom stereocenters. The number of aliphatic hydroxyl groups is 1. The molecule has 1 aliphatic rings. The smallest absolute Gasteiger partial charge is 0.393 e. The molecule has 11 heteroatoms. The Balaban J connectivity index is 1.66. The number of nitrogens with one attached hydrogen (secondary N) is 2. The molecule has 4 rings (SSSR count). The summed E-state index contributed by atoms with van der Waals surface area (Å²) in [6, 6.07) is 13.2. The summed E-state index contributed by atoms with van der Waals surface area (Å²) in [6.45, 7) is 0.0408. The van der Waals surface area contributed by atoms with Gasteiger partial charge in [-0.05, 0) is 23.3 Å². The molecule has 0 aliphatic carbocycles. The maximum absolute atomic E-state index is 13.1. The average Bonchev–Trinajstić information content (AvgIpc) is 3.23. The minimum absolute atomic E-state index is 0.169. The molecule has 1 aliphatic heterocycles. The average molecular weight is 450 g/mol. The fourth-order valence-electron chi connectivity index (χ4n) is 3.68. The molecule has 170 valence electrons. The van der Waals surface area contributed by atoms with Gasteiger partial charge in [-0.3, -0.25) is 5.10 Å². The van der Waals surface area contributed by atoms with Gasteiger partial charge in [-0.25, -0.2) is 9.89 Å². The lowest BCUT2D eigenvalue weighted by atomic mass is 10.0. The van der Waals surface area contributed by atoms with Crippen LogP contribution in [-0.4, -0.2) is 46.3 Å². The van der Waals surface area contributed by atoms with Gasteiger partial charge < -0.3 is 19.5 Å². The van der Waals surface area contributed by atoms with E-state index in [0.29, 0.717) is 6.54 Å². The SMILES string of the molecule is O=c1nc(N2CCO[C@H](O[C@H](CO)c3cccc(C(F)(F)F)c3)[C@@H]2c2ccccc2)[nH][nH]1. The Morgan fingerprint density at radius 2 is 1.97 bits per heavy atom. The number of ether oxygens (including phenoxy) is 2. The van der Waals surface area contributed by atoms with Crippen LogP contribution in [0.15, 0.2) is 59.4 Å². The normalized spacial score (nSPS) is 20.3. The van der Waals surface area contributed by atoms with Crippen LogP contribution in [0, 0.1) is 0 Å². The Bertz CT molecular complexity index is 1090. The maximum atomic E-state index is 13.1. The van der Waals surface area contributed by atoms with Crippen molar-refractivity contribution in [3.63, 3.8) is 0 Å². The van der Waals surface area contributed by atoms with E-state index in [0.717, 1.165) is 17.7 Å². The first-order chi connectivity index (χ1) is 15.4. The highest BCUT2D eigenvalue weighted by Crippen LogP contribution is 2.36. The Hall–Kier alpha value is -3.15. The Morgan fingerprint density at radius 1 is 1.19 bits per heavy atom. The van der Waals surface area contributed by atoms with Crippen molar-refractivity contribution in [1.29, 1.82) is 0 Å². The summed E-state index contributed by atoms with van der Waals surface area (Å²) in [5.41, 5.74) is -0.435. The topological polar surface area (TPSA) is 103 Å². The van der Waals surface area contributed by atoms with Gasteiger partial charge in [0.1, 0.15) is 12.1 Å². The molecule has 0 saturated carbocycles. The third-order valence-corrected chi connectivity index (χ3v) is 5.16. The van der Waals surface area contributed by atoms with Crippen LogP contribution in [0.1, 0.15) is 28.8 Å². The third-order valence-electron chi connectivity index (χ3n) is 5.16. The zero-order chi connectivity index (χ0) is 22.7. The lowest BCUT2D eigenvalue weighted by Crippen LogP contribution is -2.47. The van der Waals surface area contributed by atoms with E-state index < -0.39 is 42.5 Å². The predicted octanol–water partition coefficient (Wildman–Crippen LogP) is 2.77. The molecule has 1 saturated heterocycles. The van der Waals surface area contributed by atoms with E-state index in [1.54, 1.807) is 4.90 Å². The number of aromatic amines is 2. The van der Waals surface area contributed by atoms with Crippen molar-refractivity contribution in [2.75, 3.05) is 24.7 Å². The lowest BCUT2D eigenvalue weighted by molar-refractivity contribution is -0.203. The maximum Gasteiger partial charge on any atom is 0.416 e. The highest BCUT2D eigenvalue weighted by Gasteiger charge is 2.38. The van der Waals surface area contributed by atoms with Crippen molar-refractivity contribution < 1.29 is 27.8 Å². The minimum Gasteiger partial charge on any atom is -0.393 e. The Morgan fingerprint density at radius 3 is 2.62 bits per heavy atom. The number of rotatable bonds is 6. The highest BCUT2D eigenvalue weighted by molar-refractivity contribution is 5.37. The summed E-state index contributed by atoms with van der Waals surface area (Å²) < 4.78 is 51.3. The molecule has 0 unspecified atom stereocenters. The van der Waals surface area contributed by atoms with E-state index >= 15 is 0 Å². The highest BCUT2D eigenvalue weighted by atomic mass is 19.4. The van der Waals surface area contributed by atoms with E-state index in [1.807, 2.05) is 30.3 Å². The van der Waals surface area contributed by atoms with Crippen molar-refractivity contribution in [1.82, 2.24) is 15.2 Å². The molecule has 1 aromatic heterocycles. The summed E-state index contributed by atoms with van der Waals surface area (Å²) in [7, 11) is 0. The second-order valence-corrected chi connectivity index (χ2v) is 7.21. The molecule has 8 nitrogen and oxygen atoms in total. The second kappa shape index (κ2) is 9.15. The number of hydrogen-bond acceptors (Lipinski definition) is 6. The van der Waals surface area contributed by atoms with Gasteiger partial charge in [0.15, 0.2) is 6.29 Å². The first kappa shape index (κ1) is 22.1. The number of H-pyrrole nitrogens is 2. The largest absolute Gasteiger partial charge is 0.416 e. The van der Waals surface area contributed by atoms with Crippen molar-refractivity contribution in [2.24, 2.45) is 0 Å². The van der Waals surface area contributed by atoms with Crippen molar-refractivity contribution in [3.8, 4) is 0 Å². The van der Waals surface area contributed by atoms with Gasteiger partial charge in [0.25, 0.3) is 0 Å². The number of halogens is 3. The number of morpholine rings is 1. The second-order valence-electron chi connectivity index (χ2n) is 7.21. The monoisotopic (exact) mass is 450 g/mol. The van der Waals surface area contributed by atoms with Gasteiger partial charge in [0, 0.05) is 6.54 Å². The van der Waals surface area contributed by atoms with Crippen LogP contribution in [0.3, 0.4) is 0 Å². The zero-order valence-corrected chi connectivity index (χ0v) is 16.7. The van der Waals surface area contributed by atoms with Gasteiger partial charge in [-0.2, -0.15) is 18.2 Å². The van der Waals surface area contributed by atoms with E-state index in [2.05, 4.69) is 15.2 Å². The lowest BCUT2D eigenvalue weighted by Gasteiger charge is -2.41. The van der Waals surface area contributed by atoms with Crippen LogP contribution in [0.25, 0.3) is 0 Å².